The van der Waals surface area contributed by atoms with Crippen LogP contribution in [0.1, 0.15) is 16.7 Å². The van der Waals surface area contributed by atoms with Gasteiger partial charge in [0.1, 0.15) is 11.6 Å². The van der Waals surface area contributed by atoms with Crippen molar-refractivity contribution in [1.29, 1.82) is 0 Å². The molecular weight excluding hydrogens is 395 g/mol. The second kappa shape index (κ2) is 7.64. The highest BCUT2D eigenvalue weighted by atomic mass is 19.2. The molecule has 30 heavy (non-hydrogen) atoms. The lowest BCUT2D eigenvalue weighted by atomic mass is 10.0. The third-order valence-electron chi connectivity index (χ3n) is 4.72. The van der Waals surface area contributed by atoms with E-state index in [1.807, 2.05) is 31.2 Å². The Morgan fingerprint density at radius 3 is 2.00 bits per heavy atom. The molecule has 0 nitrogen and oxygen atoms in total. The van der Waals surface area contributed by atoms with Crippen molar-refractivity contribution < 1.29 is 22.0 Å². The molecule has 0 bridgehead atoms. The fourth-order valence-electron chi connectivity index (χ4n) is 3.14. The zero-order valence-electron chi connectivity index (χ0n) is 15.7. The minimum absolute atomic E-state index is 0.0763. The van der Waals surface area contributed by atoms with Gasteiger partial charge in [0, 0.05) is 5.56 Å². The summed E-state index contributed by atoms with van der Waals surface area (Å²) in [5, 5.41) is -0.834. The molecule has 4 aromatic rings. The van der Waals surface area contributed by atoms with Crippen molar-refractivity contribution in [1.82, 2.24) is 0 Å². The molecule has 0 saturated heterocycles. The van der Waals surface area contributed by atoms with E-state index in [0.29, 0.717) is 11.6 Å². The van der Waals surface area contributed by atoms with Crippen molar-refractivity contribution in [2.45, 2.75) is 6.92 Å². The van der Waals surface area contributed by atoms with Crippen molar-refractivity contribution in [2.24, 2.45) is 0 Å². The van der Waals surface area contributed by atoms with E-state index in [9.17, 15) is 22.0 Å². The van der Waals surface area contributed by atoms with E-state index in [4.69, 9.17) is 0 Å². The molecule has 0 aromatic heterocycles. The SMILES string of the molecule is Cc1ccc(-c2ccc(C#Cc3cc(F)c4c(F)c(F)c(F)cc4c3)c(F)c2)cc1. The quantitative estimate of drug-likeness (QED) is 0.182. The molecule has 0 radical (unpaired) electrons. The number of benzene rings is 4. The van der Waals surface area contributed by atoms with Crippen molar-refractivity contribution >= 4 is 10.8 Å². The molecular formula is C25H13F5. The predicted molar refractivity (Wildman–Crippen MR) is 106 cm³/mol. The second-order valence-corrected chi connectivity index (χ2v) is 6.85. The monoisotopic (exact) mass is 408 g/mol. The highest BCUT2D eigenvalue weighted by Crippen LogP contribution is 2.27. The highest BCUT2D eigenvalue weighted by Gasteiger charge is 2.17. The minimum Gasteiger partial charge on any atom is -0.206 e. The first-order chi connectivity index (χ1) is 14.3. The third kappa shape index (κ3) is 3.65. The van der Waals surface area contributed by atoms with Crippen LogP contribution in [-0.2, 0) is 0 Å². The average Bonchev–Trinajstić information content (AvgIpc) is 2.71. The van der Waals surface area contributed by atoms with Gasteiger partial charge >= 0.3 is 0 Å². The Bertz CT molecular complexity index is 1340. The van der Waals surface area contributed by atoms with Gasteiger partial charge in [-0.2, -0.15) is 0 Å². The molecule has 4 aromatic carbocycles. The van der Waals surface area contributed by atoms with Crippen LogP contribution in [0.3, 0.4) is 0 Å². The van der Waals surface area contributed by atoms with Crippen LogP contribution in [0.15, 0.2) is 60.7 Å². The lowest BCUT2D eigenvalue weighted by Crippen LogP contribution is -1.95. The van der Waals surface area contributed by atoms with Gasteiger partial charge in [-0.25, -0.2) is 22.0 Å². The molecule has 0 aliphatic carbocycles. The molecule has 148 valence electrons. The van der Waals surface area contributed by atoms with E-state index >= 15 is 0 Å². The predicted octanol–water partition coefficient (Wildman–Crippen LogP) is 6.91. The van der Waals surface area contributed by atoms with Gasteiger partial charge < -0.3 is 0 Å². The first-order valence-corrected chi connectivity index (χ1v) is 8.99. The standard InChI is InChI=1S/C25H13F5/c1-14-2-5-16(6-3-14)18-9-8-17(20(26)12-18)7-4-15-10-19-13-22(28)24(29)25(30)23(19)21(27)11-15/h2-3,5-6,8-13H,1H3. The largest absolute Gasteiger partial charge is 0.206 e. The van der Waals surface area contributed by atoms with E-state index in [1.54, 1.807) is 6.07 Å². The Hall–Kier alpha value is -3.65. The first kappa shape index (κ1) is 19.7. The van der Waals surface area contributed by atoms with Crippen molar-refractivity contribution in [3.05, 3.63) is 106 Å². The summed E-state index contributed by atoms with van der Waals surface area (Å²) in [6.45, 7) is 1.96. The summed E-state index contributed by atoms with van der Waals surface area (Å²) in [5.74, 6) is -1.22. The number of hydrogen-bond donors (Lipinski definition) is 0. The molecule has 4 rings (SSSR count). The third-order valence-corrected chi connectivity index (χ3v) is 4.72. The molecule has 0 spiro atoms. The van der Waals surface area contributed by atoms with Crippen LogP contribution in [0.5, 0.6) is 0 Å². The Morgan fingerprint density at radius 1 is 0.600 bits per heavy atom. The van der Waals surface area contributed by atoms with Gasteiger partial charge in [0.25, 0.3) is 0 Å². The molecule has 0 fully saturated rings. The molecule has 0 saturated carbocycles. The average molecular weight is 408 g/mol. The lowest BCUT2D eigenvalue weighted by molar-refractivity contribution is 0.451. The van der Waals surface area contributed by atoms with Gasteiger partial charge in [0.2, 0.25) is 0 Å². The van der Waals surface area contributed by atoms with Gasteiger partial charge in [-0.15, -0.1) is 0 Å². The molecule has 5 heteroatoms. The van der Waals surface area contributed by atoms with Crippen LogP contribution in [0, 0.1) is 47.9 Å². The van der Waals surface area contributed by atoms with Gasteiger partial charge in [0.15, 0.2) is 17.5 Å². The van der Waals surface area contributed by atoms with Crippen LogP contribution >= 0.6 is 0 Å². The fraction of sp³-hybridized carbons (Fsp3) is 0.0400. The van der Waals surface area contributed by atoms with Gasteiger partial charge in [-0.3, -0.25) is 0 Å². The van der Waals surface area contributed by atoms with E-state index in [-0.39, 0.29) is 16.5 Å². The summed E-state index contributed by atoms with van der Waals surface area (Å²) in [5.41, 5.74) is 2.79. The van der Waals surface area contributed by atoms with Crippen LogP contribution < -0.4 is 0 Å². The lowest BCUT2D eigenvalue weighted by Gasteiger charge is -2.05. The summed E-state index contributed by atoms with van der Waals surface area (Å²) >= 11 is 0. The van der Waals surface area contributed by atoms with Crippen molar-refractivity contribution in [3.63, 3.8) is 0 Å². The molecule has 0 atom stereocenters. The summed E-state index contributed by atoms with van der Waals surface area (Å²) in [6, 6.07) is 15.0. The Balaban J connectivity index is 1.71. The molecule has 0 N–H and O–H groups in total. The maximum absolute atomic E-state index is 14.5. The van der Waals surface area contributed by atoms with Crippen LogP contribution in [0.25, 0.3) is 21.9 Å². The second-order valence-electron chi connectivity index (χ2n) is 6.85. The number of halogens is 5. The van der Waals surface area contributed by atoms with E-state index in [1.165, 1.54) is 18.2 Å². The molecule has 0 unspecified atom stereocenters. The Kier molecular flexibility index (Phi) is 5.01. The fourth-order valence-corrected chi connectivity index (χ4v) is 3.14. The topological polar surface area (TPSA) is 0 Å². The maximum atomic E-state index is 14.5. The number of rotatable bonds is 1. The van der Waals surface area contributed by atoms with Crippen LogP contribution in [-0.4, -0.2) is 0 Å². The molecule has 0 amide bonds. The molecule has 0 aliphatic rings. The van der Waals surface area contributed by atoms with Gasteiger partial charge in [-0.05, 0) is 53.8 Å². The number of fused-ring (bicyclic) bond motifs is 1. The zero-order chi connectivity index (χ0) is 21.4. The van der Waals surface area contributed by atoms with Crippen LogP contribution in [0.2, 0.25) is 0 Å². The molecule has 0 heterocycles. The zero-order valence-corrected chi connectivity index (χ0v) is 15.7. The normalized spacial score (nSPS) is 10.7. The Morgan fingerprint density at radius 2 is 1.30 bits per heavy atom. The van der Waals surface area contributed by atoms with Gasteiger partial charge in [-0.1, -0.05) is 47.7 Å². The summed E-state index contributed by atoms with van der Waals surface area (Å²) in [6.07, 6.45) is 0. The smallest absolute Gasteiger partial charge is 0.195 e. The maximum Gasteiger partial charge on any atom is 0.195 e. The van der Waals surface area contributed by atoms with E-state index in [0.717, 1.165) is 17.2 Å². The molecule has 0 aliphatic heterocycles. The Labute approximate surface area is 169 Å². The summed E-state index contributed by atoms with van der Waals surface area (Å²) in [7, 11) is 0. The van der Waals surface area contributed by atoms with Crippen LogP contribution in [0.4, 0.5) is 22.0 Å². The summed E-state index contributed by atoms with van der Waals surface area (Å²) in [4.78, 5) is 0. The van der Waals surface area contributed by atoms with Gasteiger partial charge in [0.05, 0.1) is 10.9 Å². The first-order valence-electron chi connectivity index (χ1n) is 8.99. The summed E-state index contributed by atoms with van der Waals surface area (Å²) < 4.78 is 69.3. The van der Waals surface area contributed by atoms with E-state index < -0.39 is 34.5 Å². The van der Waals surface area contributed by atoms with Crippen molar-refractivity contribution in [3.8, 4) is 23.0 Å². The van der Waals surface area contributed by atoms with E-state index in [2.05, 4.69) is 11.8 Å². The highest BCUT2D eigenvalue weighted by molar-refractivity contribution is 5.85. The van der Waals surface area contributed by atoms with Crippen molar-refractivity contribution in [2.75, 3.05) is 0 Å². The number of aryl methyl sites for hydroxylation is 1. The number of hydrogen-bond acceptors (Lipinski definition) is 0. The minimum atomic E-state index is -1.74.